The molecule has 3 rings (SSSR count). The van der Waals surface area contributed by atoms with Gasteiger partial charge in [0.1, 0.15) is 5.75 Å². The van der Waals surface area contributed by atoms with Crippen molar-refractivity contribution < 1.29 is 9.47 Å². The minimum absolute atomic E-state index is 0.0176. The van der Waals surface area contributed by atoms with Crippen LogP contribution in [0.15, 0.2) is 29.1 Å². The van der Waals surface area contributed by atoms with Crippen LogP contribution in [0.4, 0.5) is 0 Å². The number of hydrogen-bond acceptors (Lipinski definition) is 4. The lowest BCUT2D eigenvalue weighted by molar-refractivity contribution is 0.152. The van der Waals surface area contributed by atoms with Crippen LogP contribution in [0.1, 0.15) is 12.0 Å². The van der Waals surface area contributed by atoms with Gasteiger partial charge in [0.2, 0.25) is 0 Å². The van der Waals surface area contributed by atoms with Crippen molar-refractivity contribution in [2.24, 2.45) is 5.92 Å². The van der Waals surface area contributed by atoms with Crippen molar-refractivity contribution in [1.29, 1.82) is 0 Å². The maximum absolute atomic E-state index is 12.3. The second-order valence-corrected chi connectivity index (χ2v) is 5.92. The van der Waals surface area contributed by atoms with Gasteiger partial charge in [-0.15, -0.1) is 0 Å². The van der Waals surface area contributed by atoms with E-state index in [0.29, 0.717) is 12.5 Å². The number of hydrogen-bond donors (Lipinski definition) is 1. The Labute approximate surface area is 129 Å². The van der Waals surface area contributed by atoms with Crippen LogP contribution in [0.25, 0.3) is 10.9 Å². The Hall–Kier alpha value is -1.85. The lowest BCUT2D eigenvalue weighted by Crippen LogP contribution is -2.25. The van der Waals surface area contributed by atoms with Crippen molar-refractivity contribution in [3.8, 4) is 5.75 Å². The summed E-state index contributed by atoms with van der Waals surface area (Å²) in [5.74, 6) is 1.33. The molecule has 5 heteroatoms. The van der Waals surface area contributed by atoms with Gasteiger partial charge in [-0.1, -0.05) is 0 Å². The van der Waals surface area contributed by atoms with Crippen LogP contribution in [0, 0.1) is 5.92 Å². The van der Waals surface area contributed by atoms with Crippen LogP contribution in [-0.2, 0) is 11.3 Å². The monoisotopic (exact) mass is 302 g/mol. The van der Waals surface area contributed by atoms with Crippen molar-refractivity contribution in [3.63, 3.8) is 0 Å². The number of nitrogens with one attached hydrogen (secondary N) is 1. The lowest BCUT2D eigenvalue weighted by Gasteiger charge is -2.15. The number of pyridine rings is 1. The van der Waals surface area contributed by atoms with Gasteiger partial charge in [-0.25, -0.2) is 0 Å². The zero-order chi connectivity index (χ0) is 15.5. The molecule has 1 saturated heterocycles. The summed E-state index contributed by atoms with van der Waals surface area (Å²) < 4.78 is 10.4. The molecule has 1 aromatic carbocycles. The van der Waals surface area contributed by atoms with Gasteiger partial charge in [0.05, 0.1) is 19.2 Å². The van der Waals surface area contributed by atoms with Crippen molar-refractivity contribution in [2.45, 2.75) is 13.0 Å². The number of rotatable bonds is 5. The largest absolute Gasteiger partial charge is 0.497 e. The number of nitrogens with zero attached hydrogens (tertiary/aromatic N) is 1. The number of aromatic amines is 1. The Morgan fingerprint density at radius 3 is 2.95 bits per heavy atom. The molecule has 0 aliphatic carbocycles. The van der Waals surface area contributed by atoms with Crippen molar-refractivity contribution in [3.05, 3.63) is 40.2 Å². The van der Waals surface area contributed by atoms with Gasteiger partial charge in [-0.3, -0.25) is 9.69 Å². The lowest BCUT2D eigenvalue weighted by atomic mass is 10.1. The first-order valence-corrected chi connectivity index (χ1v) is 7.61. The molecule has 0 bridgehead atoms. The van der Waals surface area contributed by atoms with Gasteiger partial charge in [0, 0.05) is 31.8 Å². The second kappa shape index (κ2) is 6.50. The summed E-state index contributed by atoms with van der Waals surface area (Å²) in [7, 11) is 3.36. The Kier molecular flexibility index (Phi) is 4.45. The number of aromatic nitrogens is 1. The number of likely N-dealkylation sites (tertiary alicyclic amines) is 1. The molecule has 1 aromatic heterocycles. The van der Waals surface area contributed by atoms with E-state index < -0.39 is 0 Å². The Morgan fingerprint density at radius 2 is 2.18 bits per heavy atom. The maximum Gasteiger partial charge on any atom is 0.252 e. The fraction of sp³-hybridized carbons (Fsp3) is 0.471. The molecule has 2 heterocycles. The van der Waals surface area contributed by atoms with Gasteiger partial charge in [-0.2, -0.15) is 0 Å². The molecule has 1 N–H and O–H groups in total. The maximum atomic E-state index is 12.3. The Morgan fingerprint density at radius 1 is 1.32 bits per heavy atom. The standard InChI is InChI=1S/C17H22N2O3/c1-21-11-12-5-6-19(9-12)10-14-7-13-3-4-15(22-2)8-16(13)18-17(14)20/h3-4,7-8,12H,5-6,9-11H2,1-2H3,(H,18,20)/t12-/m1/s1. The van der Waals surface area contributed by atoms with Crippen LogP contribution in [0.2, 0.25) is 0 Å². The van der Waals surface area contributed by atoms with Gasteiger partial charge in [0.15, 0.2) is 0 Å². The average molecular weight is 302 g/mol. The quantitative estimate of drug-likeness (QED) is 0.918. The molecule has 1 atom stereocenters. The zero-order valence-electron chi connectivity index (χ0n) is 13.1. The molecule has 0 radical (unpaired) electrons. The number of fused-ring (bicyclic) bond motifs is 1. The van der Waals surface area contributed by atoms with Crippen LogP contribution in [0.5, 0.6) is 5.75 Å². The minimum Gasteiger partial charge on any atom is -0.497 e. The number of ether oxygens (including phenoxy) is 2. The first-order valence-electron chi connectivity index (χ1n) is 7.61. The number of methoxy groups -OCH3 is 2. The third-order valence-corrected chi connectivity index (χ3v) is 4.30. The molecule has 1 aliphatic rings. The third kappa shape index (κ3) is 3.15. The molecule has 1 fully saturated rings. The predicted molar refractivity (Wildman–Crippen MR) is 86.4 cm³/mol. The van der Waals surface area contributed by atoms with Crippen molar-refractivity contribution in [1.82, 2.24) is 9.88 Å². The van der Waals surface area contributed by atoms with E-state index in [1.165, 1.54) is 0 Å². The molecule has 2 aromatic rings. The normalized spacial score (nSPS) is 18.9. The van der Waals surface area contributed by atoms with E-state index in [1.807, 2.05) is 24.3 Å². The fourth-order valence-electron chi connectivity index (χ4n) is 3.14. The van der Waals surface area contributed by atoms with Crippen LogP contribution < -0.4 is 10.3 Å². The SMILES string of the molecule is COC[C@@H]1CCN(Cc2cc3ccc(OC)cc3[nH]c2=O)C1. The van der Waals surface area contributed by atoms with Crippen LogP contribution in [0.3, 0.4) is 0 Å². The van der Waals surface area contributed by atoms with E-state index in [2.05, 4.69) is 9.88 Å². The molecular weight excluding hydrogens is 280 g/mol. The summed E-state index contributed by atoms with van der Waals surface area (Å²) in [5, 5.41) is 1.03. The molecule has 118 valence electrons. The summed E-state index contributed by atoms with van der Waals surface area (Å²) >= 11 is 0. The highest BCUT2D eigenvalue weighted by molar-refractivity contribution is 5.80. The Bertz CT molecular complexity index is 711. The smallest absolute Gasteiger partial charge is 0.252 e. The van der Waals surface area contributed by atoms with Crippen LogP contribution in [-0.4, -0.2) is 43.8 Å². The minimum atomic E-state index is -0.0176. The first kappa shape index (κ1) is 15.1. The number of H-pyrrole nitrogens is 1. The molecule has 0 unspecified atom stereocenters. The third-order valence-electron chi connectivity index (χ3n) is 4.30. The van der Waals surface area contributed by atoms with Crippen molar-refractivity contribution >= 4 is 10.9 Å². The van der Waals surface area contributed by atoms with E-state index >= 15 is 0 Å². The highest BCUT2D eigenvalue weighted by atomic mass is 16.5. The predicted octanol–water partition coefficient (Wildman–Crippen LogP) is 2.00. The highest BCUT2D eigenvalue weighted by Gasteiger charge is 2.23. The molecule has 0 amide bonds. The van der Waals surface area contributed by atoms with E-state index in [-0.39, 0.29) is 5.56 Å². The second-order valence-electron chi connectivity index (χ2n) is 5.92. The van der Waals surface area contributed by atoms with Gasteiger partial charge >= 0.3 is 0 Å². The summed E-state index contributed by atoms with van der Waals surface area (Å²) in [6.45, 7) is 3.50. The molecule has 22 heavy (non-hydrogen) atoms. The topological polar surface area (TPSA) is 54.6 Å². The van der Waals surface area contributed by atoms with E-state index in [9.17, 15) is 4.79 Å². The average Bonchev–Trinajstić information content (AvgIpc) is 2.95. The Balaban J connectivity index is 1.80. The summed E-state index contributed by atoms with van der Waals surface area (Å²) in [6, 6.07) is 7.72. The summed E-state index contributed by atoms with van der Waals surface area (Å²) in [4.78, 5) is 17.6. The molecular formula is C17H22N2O3. The van der Waals surface area contributed by atoms with E-state index in [0.717, 1.165) is 48.3 Å². The summed E-state index contributed by atoms with van der Waals surface area (Å²) in [6.07, 6.45) is 1.14. The molecule has 0 saturated carbocycles. The fourth-order valence-corrected chi connectivity index (χ4v) is 3.14. The molecule has 5 nitrogen and oxygen atoms in total. The number of benzene rings is 1. The van der Waals surface area contributed by atoms with Gasteiger partial charge in [-0.05, 0) is 42.5 Å². The van der Waals surface area contributed by atoms with Gasteiger partial charge < -0.3 is 14.5 Å². The summed E-state index contributed by atoms with van der Waals surface area (Å²) in [5.41, 5.74) is 1.61. The van der Waals surface area contributed by atoms with Gasteiger partial charge in [0.25, 0.3) is 5.56 Å². The highest BCUT2D eigenvalue weighted by Crippen LogP contribution is 2.21. The van der Waals surface area contributed by atoms with E-state index in [4.69, 9.17) is 9.47 Å². The molecule has 1 aliphatic heterocycles. The van der Waals surface area contributed by atoms with Crippen molar-refractivity contribution in [2.75, 3.05) is 33.9 Å². The van der Waals surface area contributed by atoms with Crippen LogP contribution >= 0.6 is 0 Å². The first-order chi connectivity index (χ1) is 10.7. The van der Waals surface area contributed by atoms with E-state index in [1.54, 1.807) is 14.2 Å². The molecule has 0 spiro atoms. The zero-order valence-corrected chi connectivity index (χ0v) is 13.1.